The van der Waals surface area contributed by atoms with Gasteiger partial charge in [-0.05, 0) is 19.1 Å². The highest BCUT2D eigenvalue weighted by molar-refractivity contribution is 7.89. The largest absolute Gasteiger partial charge is 0.256 e. The first-order valence-electron chi connectivity index (χ1n) is 4.47. The van der Waals surface area contributed by atoms with Crippen LogP contribution in [0.2, 0.25) is 0 Å². The summed E-state index contributed by atoms with van der Waals surface area (Å²) in [7, 11) is -6.81. The molecule has 16 heavy (non-hydrogen) atoms. The zero-order valence-corrected chi connectivity index (χ0v) is 10.2. The van der Waals surface area contributed by atoms with Gasteiger partial charge in [-0.2, -0.15) is 0 Å². The number of nitrogens with one attached hydrogen (secondary N) is 1. The normalized spacial score (nSPS) is 12.2. The molecular weight excluding hydrogens is 252 g/mol. The van der Waals surface area contributed by atoms with E-state index in [0.29, 0.717) is 4.41 Å². The molecule has 0 heterocycles. The van der Waals surface area contributed by atoms with Crippen molar-refractivity contribution in [3.8, 4) is 0 Å². The van der Waals surface area contributed by atoms with E-state index in [1.807, 2.05) is 4.83 Å². The van der Waals surface area contributed by atoms with Gasteiger partial charge < -0.3 is 0 Å². The van der Waals surface area contributed by atoms with Gasteiger partial charge in [0.05, 0.1) is 4.90 Å². The van der Waals surface area contributed by atoms with Gasteiger partial charge in [-0.3, -0.25) is 0 Å². The molecule has 0 saturated heterocycles. The third-order valence-electron chi connectivity index (χ3n) is 1.81. The minimum absolute atomic E-state index is 0.0144. The van der Waals surface area contributed by atoms with Crippen LogP contribution in [0.1, 0.15) is 6.92 Å². The highest BCUT2D eigenvalue weighted by Gasteiger charge is 2.22. The van der Waals surface area contributed by atoms with Crippen LogP contribution in [-0.2, 0) is 20.9 Å². The van der Waals surface area contributed by atoms with Crippen LogP contribution in [-0.4, -0.2) is 27.8 Å². The highest BCUT2D eigenvalue weighted by atomic mass is 32.2. The fourth-order valence-corrected chi connectivity index (χ4v) is 3.15. The van der Waals surface area contributed by atoms with Crippen LogP contribution in [0, 0.1) is 0 Å². The summed E-state index contributed by atoms with van der Waals surface area (Å²) >= 11 is 0. The molecule has 0 amide bonds. The Kier molecular flexibility index (Phi) is 4.42. The lowest BCUT2D eigenvalue weighted by Gasteiger charge is -2.17. The molecular formula is C8H12N2O4S2. The fourth-order valence-electron chi connectivity index (χ4n) is 1.11. The van der Waals surface area contributed by atoms with Crippen LogP contribution in [0.4, 0.5) is 0 Å². The fraction of sp³-hybridized carbons (Fsp3) is 0.250. The molecule has 8 heteroatoms. The Hall–Kier alpha value is -0.960. The third kappa shape index (κ3) is 3.01. The van der Waals surface area contributed by atoms with E-state index >= 15 is 0 Å². The molecule has 1 rings (SSSR count). The molecule has 1 N–H and O–H groups in total. The van der Waals surface area contributed by atoms with Crippen LogP contribution in [0.5, 0.6) is 0 Å². The van der Waals surface area contributed by atoms with Crippen molar-refractivity contribution in [3.05, 3.63) is 30.3 Å². The van der Waals surface area contributed by atoms with Crippen molar-refractivity contribution in [1.82, 2.24) is 9.25 Å². The zero-order valence-electron chi connectivity index (χ0n) is 8.53. The maximum Gasteiger partial charge on any atom is 0.256 e. The Morgan fingerprint density at radius 3 is 2.25 bits per heavy atom. The first-order valence-corrected chi connectivity index (χ1v) is 7.08. The Morgan fingerprint density at radius 1 is 1.25 bits per heavy atom. The molecule has 0 aliphatic rings. The first kappa shape index (κ1) is 13.1. The van der Waals surface area contributed by atoms with E-state index in [4.69, 9.17) is 0 Å². The van der Waals surface area contributed by atoms with E-state index in [9.17, 15) is 16.8 Å². The number of rotatable bonds is 5. The monoisotopic (exact) mass is 264 g/mol. The van der Waals surface area contributed by atoms with Crippen molar-refractivity contribution >= 4 is 20.9 Å². The summed E-state index contributed by atoms with van der Waals surface area (Å²) in [4.78, 5) is 1.91. The second-order valence-corrected chi connectivity index (χ2v) is 5.42. The molecule has 1 aromatic carbocycles. The molecule has 0 spiro atoms. The molecule has 0 aromatic heterocycles. The number of nitrogens with zero attached hydrogens (tertiary/aromatic N) is 1. The number of hydrogen-bond donors (Lipinski definition) is 2. The van der Waals surface area contributed by atoms with E-state index in [1.54, 1.807) is 18.2 Å². The van der Waals surface area contributed by atoms with Crippen molar-refractivity contribution < 1.29 is 16.8 Å². The van der Waals surface area contributed by atoms with Crippen LogP contribution in [0.15, 0.2) is 35.2 Å². The lowest BCUT2D eigenvalue weighted by Crippen LogP contribution is -2.41. The molecule has 1 aromatic rings. The van der Waals surface area contributed by atoms with Gasteiger partial charge in [0.1, 0.15) is 0 Å². The van der Waals surface area contributed by atoms with Gasteiger partial charge in [0, 0.05) is 6.54 Å². The van der Waals surface area contributed by atoms with Crippen LogP contribution in [0.25, 0.3) is 0 Å². The van der Waals surface area contributed by atoms with E-state index in [-0.39, 0.29) is 11.4 Å². The van der Waals surface area contributed by atoms with Gasteiger partial charge in [0.15, 0.2) is 0 Å². The van der Waals surface area contributed by atoms with Gasteiger partial charge in [-0.25, -0.2) is 16.8 Å². The van der Waals surface area contributed by atoms with Gasteiger partial charge in [-0.1, -0.05) is 18.2 Å². The lowest BCUT2D eigenvalue weighted by atomic mass is 10.4. The number of hydrazine groups is 1. The Balaban J connectivity index is 3.09. The average Bonchev–Trinajstić information content (AvgIpc) is 2.26. The predicted molar refractivity (Wildman–Crippen MR) is 59.5 cm³/mol. The van der Waals surface area contributed by atoms with Gasteiger partial charge in [0.2, 0.25) is 10.9 Å². The summed E-state index contributed by atoms with van der Waals surface area (Å²) in [6, 6.07) is 7.61. The standard InChI is InChI=1S/C8H12N2O4S2/c1-2-10(9-15(11)12)16(13,14)8-6-4-3-5-7-8/h3-7,15H,2H2,1H3,(H,9,11,12). The van der Waals surface area contributed by atoms with E-state index < -0.39 is 20.9 Å². The maximum absolute atomic E-state index is 11.9. The molecule has 0 radical (unpaired) electrons. The predicted octanol–water partition coefficient (Wildman–Crippen LogP) is -0.272. The minimum Gasteiger partial charge on any atom is -0.214 e. The third-order valence-corrected chi connectivity index (χ3v) is 4.15. The van der Waals surface area contributed by atoms with Gasteiger partial charge in [-0.15, -0.1) is 9.25 Å². The molecule has 0 aliphatic carbocycles. The quantitative estimate of drug-likeness (QED) is 0.566. The minimum atomic E-state index is -3.81. The topological polar surface area (TPSA) is 83.6 Å². The average molecular weight is 264 g/mol. The summed E-state index contributed by atoms with van der Waals surface area (Å²) in [6.45, 7) is 1.55. The second-order valence-electron chi connectivity index (χ2n) is 2.84. The van der Waals surface area contributed by atoms with Crippen molar-refractivity contribution in [1.29, 1.82) is 0 Å². The lowest BCUT2D eigenvalue weighted by molar-refractivity contribution is 0.397. The molecule has 0 aliphatic heterocycles. The van der Waals surface area contributed by atoms with Crippen LogP contribution >= 0.6 is 0 Å². The molecule has 90 valence electrons. The van der Waals surface area contributed by atoms with Crippen molar-refractivity contribution in [3.63, 3.8) is 0 Å². The SMILES string of the molecule is CCN(N[SH](=O)=O)S(=O)(=O)c1ccccc1. The summed E-state index contributed by atoms with van der Waals surface area (Å²) in [6.07, 6.45) is 0. The summed E-state index contributed by atoms with van der Waals surface area (Å²) < 4.78 is 45.4. The van der Waals surface area contributed by atoms with Crippen molar-refractivity contribution in [2.24, 2.45) is 0 Å². The van der Waals surface area contributed by atoms with E-state index in [0.717, 1.165) is 0 Å². The number of benzene rings is 1. The van der Waals surface area contributed by atoms with Crippen molar-refractivity contribution in [2.45, 2.75) is 11.8 Å². The van der Waals surface area contributed by atoms with Crippen LogP contribution < -0.4 is 4.83 Å². The molecule has 0 fully saturated rings. The second kappa shape index (κ2) is 5.39. The number of sulfonamides is 1. The van der Waals surface area contributed by atoms with Gasteiger partial charge >= 0.3 is 0 Å². The summed E-state index contributed by atoms with van der Waals surface area (Å²) in [5.74, 6) is 0. The molecule has 0 unspecified atom stereocenters. The van der Waals surface area contributed by atoms with Gasteiger partial charge in [0.25, 0.3) is 10.0 Å². The Labute approximate surface area is 96.0 Å². The first-order chi connectivity index (χ1) is 7.48. The smallest absolute Gasteiger partial charge is 0.214 e. The molecule has 6 nitrogen and oxygen atoms in total. The van der Waals surface area contributed by atoms with E-state index in [1.165, 1.54) is 19.1 Å². The number of thiol groups is 1. The Morgan fingerprint density at radius 2 is 1.81 bits per heavy atom. The van der Waals surface area contributed by atoms with E-state index in [2.05, 4.69) is 0 Å². The Bertz CT molecular complexity index is 502. The number of hydrogen-bond acceptors (Lipinski definition) is 4. The summed E-state index contributed by atoms with van der Waals surface area (Å²) in [5.41, 5.74) is 0. The molecule has 0 bridgehead atoms. The molecule has 0 saturated carbocycles. The highest BCUT2D eigenvalue weighted by Crippen LogP contribution is 2.12. The summed E-state index contributed by atoms with van der Waals surface area (Å²) in [5, 5.41) is 0. The van der Waals surface area contributed by atoms with Crippen LogP contribution in [0.3, 0.4) is 0 Å². The molecule has 0 atom stereocenters. The van der Waals surface area contributed by atoms with Crippen molar-refractivity contribution in [2.75, 3.05) is 6.54 Å². The zero-order chi connectivity index (χ0) is 12.2. The maximum atomic E-state index is 11.9.